The monoisotopic (exact) mass is 446 g/mol. The number of ether oxygens (including phenoxy) is 2. The smallest absolute Gasteiger partial charge is 0.343 e. The summed E-state index contributed by atoms with van der Waals surface area (Å²) in [6.45, 7) is 7.65. The van der Waals surface area contributed by atoms with E-state index in [4.69, 9.17) is 14.5 Å². The van der Waals surface area contributed by atoms with Crippen LogP contribution in [0.1, 0.15) is 42.5 Å². The van der Waals surface area contributed by atoms with Gasteiger partial charge in [-0.3, -0.25) is 4.79 Å². The van der Waals surface area contributed by atoms with Crippen LogP contribution in [-0.2, 0) is 37.8 Å². The second-order valence-corrected chi connectivity index (χ2v) is 8.21. The molecule has 3 aromatic rings. The Morgan fingerprint density at radius 1 is 1.27 bits per heavy atom. The van der Waals surface area contributed by atoms with Gasteiger partial charge in [-0.1, -0.05) is 19.6 Å². The van der Waals surface area contributed by atoms with Crippen molar-refractivity contribution in [2.24, 2.45) is 0 Å². The summed E-state index contributed by atoms with van der Waals surface area (Å²) in [6.07, 6.45) is 0.0901. The molecule has 2 aliphatic rings. The maximum atomic E-state index is 13.2. The van der Waals surface area contributed by atoms with Crippen molar-refractivity contribution in [2.75, 3.05) is 6.61 Å². The Morgan fingerprint density at radius 2 is 2.06 bits per heavy atom. The lowest BCUT2D eigenvalue weighted by molar-refractivity contribution is -0.172. The molecular formula is C25H22N2O6. The zero-order valence-electron chi connectivity index (χ0n) is 18.3. The van der Waals surface area contributed by atoms with Crippen LogP contribution in [0, 0.1) is 0 Å². The second kappa shape index (κ2) is 7.38. The molecule has 2 aromatic heterocycles. The number of cyclic esters (lactones) is 1. The van der Waals surface area contributed by atoms with Gasteiger partial charge in [0.1, 0.15) is 6.61 Å². The van der Waals surface area contributed by atoms with Gasteiger partial charge in [0.05, 0.1) is 41.2 Å². The first-order valence-electron chi connectivity index (χ1n) is 10.8. The first kappa shape index (κ1) is 21.1. The van der Waals surface area contributed by atoms with Crippen molar-refractivity contribution in [3.8, 4) is 11.4 Å². The lowest BCUT2D eigenvalue weighted by Gasteiger charge is -2.31. The number of esters is 2. The van der Waals surface area contributed by atoms with Gasteiger partial charge in [-0.25, -0.2) is 14.6 Å². The van der Waals surface area contributed by atoms with Crippen LogP contribution in [0.5, 0.6) is 0 Å². The van der Waals surface area contributed by atoms with E-state index in [0.717, 1.165) is 10.9 Å². The summed E-state index contributed by atoms with van der Waals surface area (Å²) in [5, 5.41) is 11.7. The van der Waals surface area contributed by atoms with E-state index in [1.54, 1.807) is 36.6 Å². The molecule has 0 aliphatic carbocycles. The predicted molar refractivity (Wildman–Crippen MR) is 120 cm³/mol. The van der Waals surface area contributed by atoms with Gasteiger partial charge in [-0.15, -0.1) is 0 Å². The predicted octanol–water partition coefficient (Wildman–Crippen LogP) is 2.66. The van der Waals surface area contributed by atoms with Gasteiger partial charge in [0.2, 0.25) is 0 Å². The van der Waals surface area contributed by atoms with Crippen LogP contribution < -0.4 is 5.56 Å². The number of carbonyl (C=O) groups excluding carboxylic acids is 2. The molecule has 0 radical (unpaired) electrons. The van der Waals surface area contributed by atoms with Crippen LogP contribution in [0.4, 0.5) is 0 Å². The normalized spacial score (nSPS) is 18.3. The van der Waals surface area contributed by atoms with Gasteiger partial charge < -0.3 is 19.1 Å². The largest absolute Gasteiger partial charge is 0.462 e. The molecule has 168 valence electrons. The number of hydrogen-bond acceptors (Lipinski definition) is 7. The van der Waals surface area contributed by atoms with Gasteiger partial charge >= 0.3 is 11.9 Å². The van der Waals surface area contributed by atoms with E-state index in [-0.39, 0.29) is 41.9 Å². The number of rotatable bonds is 4. The number of hydrogen-bond donors (Lipinski definition) is 1. The zero-order chi connectivity index (χ0) is 23.5. The molecule has 0 saturated carbocycles. The fraction of sp³-hybridized carbons (Fsp3) is 0.280. The number of fused-ring (bicyclic) bond motifs is 5. The Bertz CT molecular complexity index is 1440. The minimum atomic E-state index is -1.86. The Labute approximate surface area is 189 Å². The Balaban J connectivity index is 1.64. The number of nitrogens with zero attached hydrogens (tertiary/aromatic N) is 2. The summed E-state index contributed by atoms with van der Waals surface area (Å²) in [6, 6.07) is 8.97. The van der Waals surface area contributed by atoms with Crippen molar-refractivity contribution < 1.29 is 24.2 Å². The molecule has 0 fully saturated rings. The topological polar surface area (TPSA) is 108 Å². The second-order valence-electron chi connectivity index (χ2n) is 8.21. The molecule has 4 heterocycles. The number of benzene rings is 1. The van der Waals surface area contributed by atoms with E-state index in [0.29, 0.717) is 29.0 Å². The van der Waals surface area contributed by atoms with Gasteiger partial charge in [-0.2, -0.15) is 0 Å². The molecule has 5 rings (SSSR count). The van der Waals surface area contributed by atoms with E-state index < -0.39 is 17.5 Å². The molecule has 33 heavy (non-hydrogen) atoms. The molecule has 0 amide bonds. The SMILES string of the molecule is C=C(C(=O)OCC)c1ccc2nc3c(cc2c1)Cn1c-3cc2c(c1=O)COC(=O)[C@]2(O)CC. The van der Waals surface area contributed by atoms with E-state index >= 15 is 0 Å². The van der Waals surface area contributed by atoms with E-state index in [2.05, 4.69) is 6.58 Å². The standard InChI is InChI=1S/C25H22N2O6/c1-4-25(31)18-10-20-21-16(11-27(20)22(28)17(18)12-33-24(25)30)9-15-8-14(6-7-19(15)26-21)13(3)23(29)32-5-2/h6-10,31H,3-5,11-12H2,1-2H3/t25-/m0/s1. The number of aromatic nitrogens is 2. The van der Waals surface area contributed by atoms with E-state index in [9.17, 15) is 19.5 Å². The molecule has 0 bridgehead atoms. The summed E-state index contributed by atoms with van der Waals surface area (Å²) in [5.74, 6) is -1.23. The Morgan fingerprint density at radius 3 is 2.79 bits per heavy atom. The maximum absolute atomic E-state index is 13.2. The van der Waals surface area contributed by atoms with Gasteiger partial charge in [-0.05, 0) is 43.2 Å². The van der Waals surface area contributed by atoms with Crippen molar-refractivity contribution in [1.29, 1.82) is 0 Å². The fourth-order valence-corrected chi connectivity index (χ4v) is 4.51. The molecule has 8 heteroatoms. The lowest BCUT2D eigenvalue weighted by atomic mass is 9.86. The highest BCUT2D eigenvalue weighted by Crippen LogP contribution is 2.38. The molecule has 1 aromatic carbocycles. The van der Waals surface area contributed by atoms with Crippen LogP contribution in [-0.4, -0.2) is 33.2 Å². The van der Waals surface area contributed by atoms with Gasteiger partial charge in [0.25, 0.3) is 5.56 Å². The van der Waals surface area contributed by atoms with Gasteiger partial charge in [0.15, 0.2) is 5.60 Å². The van der Waals surface area contributed by atoms with Crippen LogP contribution in [0.15, 0.2) is 41.7 Å². The highest BCUT2D eigenvalue weighted by atomic mass is 16.6. The molecular weight excluding hydrogens is 424 g/mol. The van der Waals surface area contributed by atoms with Crippen molar-refractivity contribution >= 4 is 28.4 Å². The zero-order valence-corrected chi connectivity index (χ0v) is 18.3. The van der Waals surface area contributed by atoms with E-state index in [1.807, 2.05) is 12.1 Å². The third-order valence-corrected chi connectivity index (χ3v) is 6.38. The molecule has 0 unspecified atom stereocenters. The fourth-order valence-electron chi connectivity index (χ4n) is 4.51. The van der Waals surface area contributed by atoms with Crippen molar-refractivity contribution in [1.82, 2.24) is 9.55 Å². The maximum Gasteiger partial charge on any atom is 0.343 e. The number of aliphatic hydroxyl groups is 1. The summed E-state index contributed by atoms with van der Waals surface area (Å²) < 4.78 is 11.7. The van der Waals surface area contributed by atoms with E-state index in [1.165, 1.54) is 0 Å². The minimum Gasteiger partial charge on any atom is -0.462 e. The number of pyridine rings is 2. The molecule has 8 nitrogen and oxygen atoms in total. The third-order valence-electron chi connectivity index (χ3n) is 6.38. The van der Waals surface area contributed by atoms with Crippen molar-refractivity contribution in [2.45, 2.75) is 39.0 Å². The molecule has 1 N–H and O–H groups in total. The first-order chi connectivity index (χ1) is 15.8. The quantitative estimate of drug-likeness (QED) is 0.379. The van der Waals surface area contributed by atoms with Crippen molar-refractivity contribution in [3.63, 3.8) is 0 Å². The van der Waals surface area contributed by atoms with Crippen LogP contribution >= 0.6 is 0 Å². The average Bonchev–Trinajstić information content (AvgIpc) is 3.17. The Hall–Kier alpha value is -3.78. The number of carbonyl (C=O) groups is 2. The summed E-state index contributed by atoms with van der Waals surface area (Å²) in [7, 11) is 0. The molecule has 2 aliphatic heterocycles. The summed E-state index contributed by atoms with van der Waals surface area (Å²) in [5.41, 5.74) is 1.98. The average molecular weight is 446 g/mol. The van der Waals surface area contributed by atoms with Crippen LogP contribution in [0.3, 0.4) is 0 Å². The van der Waals surface area contributed by atoms with Crippen molar-refractivity contribution in [3.05, 3.63) is 69.5 Å². The highest BCUT2D eigenvalue weighted by molar-refractivity contribution is 6.16. The lowest BCUT2D eigenvalue weighted by Crippen LogP contribution is -2.44. The first-order valence-corrected chi connectivity index (χ1v) is 10.8. The summed E-state index contributed by atoms with van der Waals surface area (Å²) in [4.78, 5) is 42.3. The van der Waals surface area contributed by atoms with Crippen LogP contribution in [0.25, 0.3) is 27.9 Å². The van der Waals surface area contributed by atoms with Gasteiger partial charge in [0, 0.05) is 16.5 Å². The highest BCUT2D eigenvalue weighted by Gasteiger charge is 2.45. The summed E-state index contributed by atoms with van der Waals surface area (Å²) >= 11 is 0. The van der Waals surface area contributed by atoms with Crippen LogP contribution in [0.2, 0.25) is 0 Å². The third kappa shape index (κ3) is 3.01. The molecule has 0 saturated heterocycles. The molecule has 0 spiro atoms. The minimum absolute atomic E-state index is 0.0901. The molecule has 1 atom stereocenters. The Kier molecular flexibility index (Phi) is 4.72.